The second kappa shape index (κ2) is 3.41. The van der Waals surface area contributed by atoms with Crippen molar-refractivity contribution in [2.24, 2.45) is 0 Å². The maximum Gasteiger partial charge on any atom is 0.0912 e. The maximum atomic E-state index is 8.17. The molecule has 0 aliphatic carbocycles. The van der Waals surface area contributed by atoms with Gasteiger partial charge in [0, 0.05) is 18.5 Å². The molecule has 0 N–H and O–H groups in total. The molecule has 0 spiro atoms. The lowest BCUT2D eigenvalue weighted by molar-refractivity contribution is 1.32. The molecule has 2 nitrogen and oxygen atoms in total. The first kappa shape index (κ1) is 6.50. The van der Waals surface area contributed by atoms with Gasteiger partial charge in [0.1, 0.15) is 0 Å². The minimum Gasteiger partial charge on any atom is -0.264 e. The number of hydrogen-bond donors (Lipinski definition) is 0. The molecule has 1 heterocycles. The fraction of sp³-hybridized carbons (Fsp3) is 0. The van der Waals surface area contributed by atoms with Crippen LogP contribution in [0.4, 0.5) is 0 Å². The highest BCUT2D eigenvalue weighted by Crippen LogP contribution is 1.96. The van der Waals surface area contributed by atoms with Gasteiger partial charge < -0.3 is 0 Å². The number of pyridine rings is 1. The highest BCUT2D eigenvalue weighted by molar-refractivity contribution is 5.49. The third kappa shape index (κ3) is 1.71. The zero-order valence-corrected chi connectivity index (χ0v) is 5.36. The fourth-order valence-corrected chi connectivity index (χ4v) is 0.608. The van der Waals surface area contributed by atoms with Gasteiger partial charge in [-0.2, -0.15) is 5.26 Å². The van der Waals surface area contributed by atoms with Crippen LogP contribution in [0.2, 0.25) is 0 Å². The van der Waals surface area contributed by atoms with Crippen LogP contribution in [0.15, 0.2) is 30.6 Å². The lowest BCUT2D eigenvalue weighted by Crippen LogP contribution is -1.71. The Kier molecular flexibility index (Phi) is 2.22. The smallest absolute Gasteiger partial charge is 0.0912 e. The Bertz CT molecular complexity index is 256. The number of nitriles is 1. The highest BCUT2D eigenvalue weighted by atomic mass is 14.6. The Morgan fingerprint density at radius 3 is 3.10 bits per heavy atom. The van der Waals surface area contributed by atoms with Crippen LogP contribution in [0.25, 0.3) is 6.08 Å². The van der Waals surface area contributed by atoms with Crippen LogP contribution in [-0.4, -0.2) is 4.98 Å². The van der Waals surface area contributed by atoms with Crippen molar-refractivity contribution in [3.63, 3.8) is 0 Å². The van der Waals surface area contributed by atoms with E-state index >= 15 is 0 Å². The van der Waals surface area contributed by atoms with Crippen molar-refractivity contribution in [2.45, 2.75) is 0 Å². The third-order valence-electron chi connectivity index (χ3n) is 1.03. The largest absolute Gasteiger partial charge is 0.264 e. The Hall–Kier alpha value is -1.62. The van der Waals surface area contributed by atoms with Crippen molar-refractivity contribution < 1.29 is 0 Å². The molecule has 0 aliphatic rings. The molecule has 0 aromatic carbocycles. The minimum atomic E-state index is 0.948. The van der Waals surface area contributed by atoms with Crippen molar-refractivity contribution >= 4 is 6.08 Å². The topological polar surface area (TPSA) is 36.7 Å². The van der Waals surface area contributed by atoms with E-state index in [1.165, 1.54) is 6.08 Å². The summed E-state index contributed by atoms with van der Waals surface area (Å²) in [7, 11) is 0. The average molecular weight is 130 g/mol. The molecule has 0 saturated carbocycles. The molecule has 0 radical (unpaired) electrons. The second-order valence-electron chi connectivity index (χ2n) is 1.75. The molecular formula is C8H6N2. The fourth-order valence-electron chi connectivity index (χ4n) is 0.608. The first-order chi connectivity index (χ1) is 4.93. The predicted molar refractivity (Wildman–Crippen MR) is 38.9 cm³/mol. The van der Waals surface area contributed by atoms with E-state index in [0.717, 1.165) is 5.56 Å². The number of allylic oxidation sites excluding steroid dienone is 1. The molecule has 0 atom stereocenters. The monoisotopic (exact) mass is 130 g/mol. The van der Waals surface area contributed by atoms with Crippen LogP contribution in [0.1, 0.15) is 5.56 Å². The van der Waals surface area contributed by atoms with Gasteiger partial charge in [-0.1, -0.05) is 6.07 Å². The van der Waals surface area contributed by atoms with Crippen LogP contribution in [-0.2, 0) is 0 Å². The molecule has 0 amide bonds. The maximum absolute atomic E-state index is 8.17. The van der Waals surface area contributed by atoms with Crippen LogP contribution >= 0.6 is 0 Å². The van der Waals surface area contributed by atoms with Crippen LogP contribution in [0.3, 0.4) is 0 Å². The van der Waals surface area contributed by atoms with E-state index in [0.29, 0.717) is 0 Å². The molecule has 0 aliphatic heterocycles. The summed E-state index contributed by atoms with van der Waals surface area (Å²) < 4.78 is 0. The summed E-state index contributed by atoms with van der Waals surface area (Å²) in [5.41, 5.74) is 0.948. The molecule has 1 aromatic heterocycles. The molecule has 0 fully saturated rings. The highest BCUT2D eigenvalue weighted by Gasteiger charge is 1.80. The summed E-state index contributed by atoms with van der Waals surface area (Å²) in [6, 6.07) is 5.63. The number of hydrogen-bond acceptors (Lipinski definition) is 2. The first-order valence-electron chi connectivity index (χ1n) is 2.89. The molecule has 0 saturated heterocycles. The third-order valence-corrected chi connectivity index (χ3v) is 1.03. The van der Waals surface area contributed by atoms with Gasteiger partial charge in [0.15, 0.2) is 0 Å². The van der Waals surface area contributed by atoms with Gasteiger partial charge in [0.2, 0.25) is 0 Å². The van der Waals surface area contributed by atoms with E-state index in [2.05, 4.69) is 4.98 Å². The molecule has 10 heavy (non-hydrogen) atoms. The molecule has 2 heteroatoms. The summed E-state index contributed by atoms with van der Waals surface area (Å²) in [6.07, 6.45) is 6.54. The van der Waals surface area contributed by atoms with Crippen LogP contribution in [0.5, 0.6) is 0 Å². The van der Waals surface area contributed by atoms with E-state index in [9.17, 15) is 0 Å². The number of aromatic nitrogens is 1. The van der Waals surface area contributed by atoms with E-state index in [1.54, 1.807) is 18.5 Å². The van der Waals surface area contributed by atoms with Crippen LogP contribution < -0.4 is 0 Å². The second-order valence-corrected chi connectivity index (χ2v) is 1.75. The van der Waals surface area contributed by atoms with E-state index < -0.39 is 0 Å². The molecule has 1 aromatic rings. The van der Waals surface area contributed by atoms with Crippen molar-refractivity contribution in [2.75, 3.05) is 0 Å². The van der Waals surface area contributed by atoms with Crippen LogP contribution in [0, 0.1) is 11.3 Å². The molecule has 48 valence electrons. The lowest BCUT2D eigenvalue weighted by atomic mass is 10.3. The van der Waals surface area contributed by atoms with Crippen molar-refractivity contribution in [1.29, 1.82) is 5.26 Å². The standard InChI is InChI=1S/C8H6N2/c9-5-1-3-8-4-2-6-10-7-8/h1-4,6-7H/b3-1-. The summed E-state index contributed by atoms with van der Waals surface area (Å²) in [6.45, 7) is 0. The summed E-state index contributed by atoms with van der Waals surface area (Å²) in [5, 5.41) is 8.17. The zero-order valence-electron chi connectivity index (χ0n) is 5.36. The SMILES string of the molecule is N#C/C=C\c1cccnc1. The first-order valence-corrected chi connectivity index (χ1v) is 2.89. The summed E-state index contributed by atoms with van der Waals surface area (Å²) in [5.74, 6) is 0. The zero-order chi connectivity index (χ0) is 7.23. The minimum absolute atomic E-state index is 0.948. The van der Waals surface area contributed by atoms with Crippen molar-refractivity contribution in [3.8, 4) is 6.07 Å². The Balaban J connectivity index is 2.79. The summed E-state index contributed by atoms with van der Waals surface area (Å²) in [4.78, 5) is 3.88. The van der Waals surface area contributed by atoms with Gasteiger partial charge in [-0.3, -0.25) is 4.98 Å². The Labute approximate surface area is 59.4 Å². The number of rotatable bonds is 1. The quantitative estimate of drug-likeness (QED) is 0.541. The molecular weight excluding hydrogens is 124 g/mol. The lowest BCUT2D eigenvalue weighted by Gasteiger charge is -1.85. The van der Waals surface area contributed by atoms with Gasteiger partial charge in [0.05, 0.1) is 6.07 Å². The van der Waals surface area contributed by atoms with Crippen molar-refractivity contribution in [1.82, 2.24) is 4.98 Å². The Morgan fingerprint density at radius 2 is 2.50 bits per heavy atom. The van der Waals surface area contributed by atoms with Gasteiger partial charge in [-0.25, -0.2) is 0 Å². The van der Waals surface area contributed by atoms with Crippen molar-refractivity contribution in [3.05, 3.63) is 36.2 Å². The normalized spacial score (nSPS) is 9.50. The number of nitrogens with zero attached hydrogens (tertiary/aromatic N) is 2. The molecule has 0 unspecified atom stereocenters. The summed E-state index contributed by atoms with van der Waals surface area (Å²) >= 11 is 0. The molecule has 1 rings (SSSR count). The van der Waals surface area contributed by atoms with E-state index in [-0.39, 0.29) is 0 Å². The molecule has 0 bridgehead atoms. The van der Waals surface area contributed by atoms with E-state index in [1.807, 2.05) is 18.2 Å². The van der Waals surface area contributed by atoms with Gasteiger partial charge in [-0.15, -0.1) is 0 Å². The van der Waals surface area contributed by atoms with Gasteiger partial charge in [0.25, 0.3) is 0 Å². The predicted octanol–water partition coefficient (Wildman–Crippen LogP) is 1.62. The van der Waals surface area contributed by atoms with Gasteiger partial charge in [-0.05, 0) is 17.7 Å². The van der Waals surface area contributed by atoms with E-state index in [4.69, 9.17) is 5.26 Å². The Morgan fingerprint density at radius 1 is 1.60 bits per heavy atom. The average Bonchev–Trinajstić information content (AvgIpc) is 2.03. The van der Waals surface area contributed by atoms with Gasteiger partial charge >= 0.3 is 0 Å².